The Bertz CT molecular complexity index is 16.1. The van der Waals surface area contributed by atoms with Crippen LogP contribution in [0.25, 0.3) is 61.5 Å². The SMILES string of the molecule is [Co+3].[Co+3].[NH2-].[NH2-].[NH2-].[NH2-].[NH2-].[NH2-].[NH2-].[NH2-].[NH2-].[NH2-].[OH2+][OH2+]. The molecule has 0 rings (SSSR count). The Kier molecular flexibility index (Phi) is 605000. The summed E-state index contributed by atoms with van der Waals surface area (Å²) in [6, 6.07) is 0. The molecule has 0 aromatic carbocycles. The smallest absolute Gasteiger partial charge is 0.693 e. The van der Waals surface area contributed by atoms with Crippen LogP contribution in [0, 0.1) is 0 Å². The number of hydrogen-bond acceptors (Lipinski definition) is 0. The van der Waals surface area contributed by atoms with Gasteiger partial charge in [0.2, 0.25) is 0 Å². The molecule has 14 heteroatoms. The second kappa shape index (κ2) is 7480. The minimum Gasteiger partial charge on any atom is -0.693 e. The van der Waals surface area contributed by atoms with Gasteiger partial charge in [-0.15, -0.1) is 0 Å². The van der Waals surface area contributed by atoms with Crippen LogP contribution in [0.3, 0.4) is 0 Å². The van der Waals surface area contributed by atoms with E-state index in [2.05, 4.69) is 0 Å². The fourth-order valence-corrected chi connectivity index (χ4v) is 0. The second-order valence-corrected chi connectivity index (χ2v) is 0. The first-order valence-corrected chi connectivity index (χ1v) is 0.250. The van der Waals surface area contributed by atoms with Crippen molar-refractivity contribution in [2.75, 3.05) is 0 Å². The molecule has 0 radical (unpaired) electrons. The molecule has 0 saturated carbocycles. The third kappa shape index (κ3) is 5870. The minimum absolute atomic E-state index is 0. The fraction of sp³-hybridized carbons (Fsp3) is 0. The third-order valence-corrected chi connectivity index (χ3v) is 0. The van der Waals surface area contributed by atoms with Crippen LogP contribution in [0.2, 0.25) is 0 Å². The Balaban J connectivity index is -0.0000000000758. The minimum atomic E-state index is 0. The molecule has 0 spiro atoms. The summed E-state index contributed by atoms with van der Waals surface area (Å²) in [6.45, 7) is 0. The third-order valence-electron chi connectivity index (χ3n) is 0. The molecule has 0 fully saturated rings. The van der Waals surface area contributed by atoms with Crippen molar-refractivity contribution in [1.82, 2.24) is 0 Å². The summed E-state index contributed by atoms with van der Waals surface area (Å²) in [5.74, 6) is 0. The van der Waals surface area contributed by atoms with Crippen molar-refractivity contribution in [2.24, 2.45) is 0 Å². The maximum absolute atomic E-state index is 5.00. The van der Waals surface area contributed by atoms with E-state index in [1.54, 1.807) is 0 Å². The molecule has 12 nitrogen and oxygen atoms in total. The Morgan fingerprint density at radius 2 is 0.286 bits per heavy atom. The Morgan fingerprint density at radius 1 is 0.286 bits per heavy atom. The van der Waals surface area contributed by atoms with Gasteiger partial charge in [0.05, 0.1) is 0 Å². The van der Waals surface area contributed by atoms with Crippen LogP contribution >= 0.6 is 0 Å². The molecule has 106 valence electrons. The summed E-state index contributed by atoms with van der Waals surface area (Å²) in [5.41, 5.74) is 0. The van der Waals surface area contributed by atoms with Gasteiger partial charge < -0.3 is 61.5 Å². The van der Waals surface area contributed by atoms with Crippen LogP contribution in [0.1, 0.15) is 0 Å². The zero-order valence-corrected chi connectivity index (χ0v) is 9.52. The average Bonchev–Trinajstić information content (AvgIpc) is 1.00. The molecule has 0 aromatic rings. The maximum atomic E-state index is 5.00. The number of rotatable bonds is 0. The summed E-state index contributed by atoms with van der Waals surface area (Å²) in [6.07, 6.45) is 0. The Hall–Kier alpha value is 0.533. The van der Waals surface area contributed by atoms with Gasteiger partial charge in [-0.05, 0) is 0 Å². The molecule has 0 amide bonds. The summed E-state index contributed by atoms with van der Waals surface area (Å²) in [5, 5.41) is 10.0. The van der Waals surface area contributed by atoms with Gasteiger partial charge in [0.1, 0.15) is 0 Å². The van der Waals surface area contributed by atoms with Crippen LogP contribution in [-0.2, 0) is 33.6 Å². The largest absolute Gasteiger partial charge is 3.00 e. The van der Waals surface area contributed by atoms with E-state index >= 15 is 0 Å². The molecule has 0 unspecified atom stereocenters. The van der Waals surface area contributed by atoms with Crippen molar-refractivity contribution in [3.8, 4) is 0 Å². The van der Waals surface area contributed by atoms with E-state index in [4.69, 9.17) is 10.5 Å². The number of nitrogens with two attached hydrogens (primary N) is 10. The molecule has 0 aliphatic rings. The van der Waals surface area contributed by atoms with E-state index in [9.17, 15) is 0 Å². The summed E-state index contributed by atoms with van der Waals surface area (Å²) in [4.78, 5) is 0. The van der Waals surface area contributed by atoms with E-state index in [1.807, 2.05) is 0 Å². The second-order valence-electron chi connectivity index (χ2n) is 0. The van der Waals surface area contributed by atoms with Gasteiger partial charge in [0.25, 0.3) is 0 Å². The Labute approximate surface area is 106 Å². The topological polar surface area (TPSA) is 381 Å². The van der Waals surface area contributed by atoms with Gasteiger partial charge >= 0.3 is 33.6 Å². The van der Waals surface area contributed by atoms with Gasteiger partial charge in [0, 0.05) is 0 Å². The quantitative estimate of drug-likeness (QED) is 0.302. The molecular formula is H24Co2N10O2-2. The molecule has 14 heavy (non-hydrogen) atoms. The van der Waals surface area contributed by atoms with Gasteiger partial charge in [-0.25, -0.2) is 0 Å². The van der Waals surface area contributed by atoms with Gasteiger partial charge in [-0.2, -0.15) is 10.5 Å². The standard InChI is InChI=1S/2Co.10H2N.H4O2/c;;;;;;;;;;;;1-2/h;;10*1H2;1-2H2/q2*+3;10*-1;+2. The van der Waals surface area contributed by atoms with Crippen molar-refractivity contribution in [1.29, 1.82) is 0 Å². The molecule has 0 heterocycles. The molecule has 0 atom stereocenters. The van der Waals surface area contributed by atoms with Crippen LogP contribution in [0.4, 0.5) is 0 Å². The predicted molar refractivity (Wildman–Crippen MR) is 60.1 cm³/mol. The molecule has 0 bridgehead atoms. The van der Waals surface area contributed by atoms with Crippen molar-refractivity contribution in [3.63, 3.8) is 0 Å². The van der Waals surface area contributed by atoms with E-state index in [1.165, 1.54) is 0 Å². The molecule has 0 saturated heterocycles. The zero-order valence-electron chi connectivity index (χ0n) is 7.44. The van der Waals surface area contributed by atoms with E-state index < -0.39 is 0 Å². The van der Waals surface area contributed by atoms with Crippen LogP contribution < -0.4 is 0 Å². The first-order valence-electron chi connectivity index (χ1n) is 0.250. The van der Waals surface area contributed by atoms with Crippen LogP contribution in [0.15, 0.2) is 0 Å². The van der Waals surface area contributed by atoms with Crippen molar-refractivity contribution in [3.05, 3.63) is 61.5 Å². The number of hydrogen-bond donors (Lipinski definition) is 0. The Morgan fingerprint density at radius 3 is 0.286 bits per heavy atom. The monoisotopic (exact) mass is 314 g/mol. The van der Waals surface area contributed by atoms with E-state index in [0.717, 1.165) is 0 Å². The van der Waals surface area contributed by atoms with Crippen LogP contribution in [0.5, 0.6) is 0 Å². The first-order chi connectivity index (χ1) is 1.00. The van der Waals surface area contributed by atoms with Crippen molar-refractivity contribution >= 4 is 0 Å². The van der Waals surface area contributed by atoms with Crippen molar-refractivity contribution < 1.29 is 44.1 Å². The van der Waals surface area contributed by atoms with Crippen molar-refractivity contribution in [2.45, 2.75) is 0 Å². The predicted octanol–water partition coefficient (Wildman–Crippen LogP) is 5.52. The maximum Gasteiger partial charge on any atom is 3.00 e. The summed E-state index contributed by atoms with van der Waals surface area (Å²) < 4.78 is 0. The van der Waals surface area contributed by atoms with Crippen LogP contribution in [-0.4, -0.2) is 10.5 Å². The normalized spacial score (nSPS) is 0.429. The van der Waals surface area contributed by atoms with Gasteiger partial charge in [-0.1, -0.05) is 0 Å². The molecular weight excluding hydrogens is 290 g/mol. The zero-order chi connectivity index (χ0) is 2.00. The molecule has 0 aliphatic carbocycles. The van der Waals surface area contributed by atoms with E-state index in [0.29, 0.717) is 0 Å². The first kappa shape index (κ1) is 1130. The molecule has 0 aromatic heterocycles. The van der Waals surface area contributed by atoms with Gasteiger partial charge in [0.15, 0.2) is 0 Å². The summed E-state index contributed by atoms with van der Waals surface area (Å²) in [7, 11) is 0. The summed E-state index contributed by atoms with van der Waals surface area (Å²) >= 11 is 0. The average molecular weight is 314 g/mol. The molecule has 24 N–H and O–H groups in total. The van der Waals surface area contributed by atoms with Gasteiger partial charge in [-0.3, -0.25) is 0 Å². The molecule has 0 aliphatic heterocycles. The van der Waals surface area contributed by atoms with E-state index in [-0.39, 0.29) is 95.1 Å². The fourth-order valence-electron chi connectivity index (χ4n) is 0.